The Bertz CT molecular complexity index is 682. The summed E-state index contributed by atoms with van der Waals surface area (Å²) in [6, 6.07) is 17.5. The fraction of sp³-hybridized carbons (Fsp3) is 0.316. The van der Waals surface area contributed by atoms with E-state index in [1.54, 1.807) is 0 Å². The smallest absolute Gasteiger partial charge is 0.249 e. The van der Waals surface area contributed by atoms with Crippen LogP contribution in [0.25, 0.3) is 0 Å². The number of nitrogens with one attached hydrogen (secondary N) is 1. The van der Waals surface area contributed by atoms with Crippen molar-refractivity contribution in [2.24, 2.45) is 0 Å². The van der Waals surface area contributed by atoms with E-state index in [0.29, 0.717) is 24.7 Å². The van der Waals surface area contributed by atoms with Gasteiger partial charge >= 0.3 is 0 Å². The molecule has 4 nitrogen and oxygen atoms in total. The van der Waals surface area contributed by atoms with Gasteiger partial charge in [-0.25, -0.2) is 0 Å². The van der Waals surface area contributed by atoms with Gasteiger partial charge in [0.2, 0.25) is 5.91 Å². The molecule has 0 radical (unpaired) electrons. The number of hydrogen-bond acceptors (Lipinski definition) is 3. The highest BCUT2D eigenvalue weighted by Gasteiger charge is 2.28. The lowest BCUT2D eigenvalue weighted by atomic mass is 10.0. The molecule has 0 saturated carbocycles. The Morgan fingerprint density at radius 1 is 1.16 bits per heavy atom. The summed E-state index contributed by atoms with van der Waals surface area (Å²) >= 11 is 6.31. The average Bonchev–Trinajstić information content (AvgIpc) is 2.63. The molecule has 1 amide bonds. The first-order valence-corrected chi connectivity index (χ1v) is 8.50. The third kappa shape index (κ3) is 5.19. The second-order valence-corrected chi connectivity index (χ2v) is 6.21. The summed E-state index contributed by atoms with van der Waals surface area (Å²) in [4.78, 5) is 14.5. The summed E-state index contributed by atoms with van der Waals surface area (Å²) in [5.41, 5.74) is 2.04. The molecule has 3 rings (SSSR count). The molecule has 1 atom stereocenters. The van der Waals surface area contributed by atoms with Gasteiger partial charge in [0, 0.05) is 24.7 Å². The quantitative estimate of drug-likeness (QED) is 0.863. The van der Waals surface area contributed by atoms with Gasteiger partial charge in [-0.1, -0.05) is 60.1 Å². The molecule has 1 heterocycles. The van der Waals surface area contributed by atoms with Crippen LogP contribution in [0.2, 0.25) is 5.02 Å². The zero-order valence-electron chi connectivity index (χ0n) is 13.9. The largest absolute Gasteiger partial charge is 0.367 e. The monoisotopic (exact) mass is 380 g/mol. The molecule has 0 aromatic heterocycles. The Labute approximate surface area is 159 Å². The molecular formula is C19H22Cl2N2O2. The summed E-state index contributed by atoms with van der Waals surface area (Å²) in [7, 11) is 0. The van der Waals surface area contributed by atoms with E-state index >= 15 is 0 Å². The molecular weight excluding hydrogens is 359 g/mol. The van der Waals surface area contributed by atoms with Crippen molar-refractivity contribution in [1.82, 2.24) is 10.2 Å². The molecule has 2 aromatic carbocycles. The number of amides is 1. The Balaban J connectivity index is 0.00000225. The van der Waals surface area contributed by atoms with E-state index in [0.717, 1.165) is 17.7 Å². The van der Waals surface area contributed by atoms with E-state index in [1.807, 2.05) is 59.5 Å². The molecule has 2 aromatic rings. The maximum atomic E-state index is 12.6. The molecule has 0 aliphatic carbocycles. The maximum absolute atomic E-state index is 12.6. The molecule has 6 heteroatoms. The van der Waals surface area contributed by atoms with E-state index < -0.39 is 0 Å². The predicted octanol–water partition coefficient (Wildman–Crippen LogP) is 3.45. The third-order valence-corrected chi connectivity index (χ3v) is 4.51. The van der Waals surface area contributed by atoms with Gasteiger partial charge in [0.1, 0.15) is 6.61 Å². The third-order valence-electron chi connectivity index (χ3n) is 4.17. The lowest BCUT2D eigenvalue weighted by molar-refractivity contribution is -0.140. The molecule has 1 saturated heterocycles. The minimum Gasteiger partial charge on any atom is -0.367 e. The predicted molar refractivity (Wildman–Crippen MR) is 102 cm³/mol. The molecule has 1 fully saturated rings. The lowest BCUT2D eigenvalue weighted by Crippen LogP contribution is -2.49. The van der Waals surface area contributed by atoms with Crippen LogP contribution in [0.15, 0.2) is 54.6 Å². The first-order chi connectivity index (χ1) is 11.8. The second-order valence-electron chi connectivity index (χ2n) is 5.81. The van der Waals surface area contributed by atoms with Crippen LogP contribution >= 0.6 is 24.0 Å². The van der Waals surface area contributed by atoms with Gasteiger partial charge in [0.15, 0.2) is 0 Å². The van der Waals surface area contributed by atoms with Crippen molar-refractivity contribution in [1.29, 1.82) is 0 Å². The number of piperazine rings is 1. The molecule has 1 unspecified atom stereocenters. The van der Waals surface area contributed by atoms with Gasteiger partial charge in [-0.15, -0.1) is 12.4 Å². The first kappa shape index (κ1) is 19.7. The summed E-state index contributed by atoms with van der Waals surface area (Å²) in [5, 5.41) is 4.02. The number of rotatable bonds is 5. The van der Waals surface area contributed by atoms with Crippen molar-refractivity contribution < 1.29 is 9.53 Å². The fourth-order valence-electron chi connectivity index (χ4n) is 2.94. The summed E-state index contributed by atoms with van der Waals surface area (Å²) in [5.74, 6) is -0.00245. The van der Waals surface area contributed by atoms with E-state index in [1.165, 1.54) is 0 Å². The maximum Gasteiger partial charge on any atom is 0.249 e. The molecule has 1 N–H and O–H groups in total. The van der Waals surface area contributed by atoms with Crippen LogP contribution in [0.5, 0.6) is 0 Å². The van der Waals surface area contributed by atoms with Gasteiger partial charge in [0.25, 0.3) is 0 Å². The van der Waals surface area contributed by atoms with Crippen LogP contribution in [0.3, 0.4) is 0 Å². The van der Waals surface area contributed by atoms with Crippen molar-refractivity contribution in [3.8, 4) is 0 Å². The summed E-state index contributed by atoms with van der Waals surface area (Å²) < 4.78 is 5.60. The molecule has 1 aliphatic heterocycles. The van der Waals surface area contributed by atoms with Crippen LogP contribution in [0, 0.1) is 0 Å². The standard InChI is InChI=1S/C19H21ClN2O2.ClH/c20-17-9-5-4-8-16(17)18-12-21-10-11-22(18)19(23)14-24-13-15-6-2-1-3-7-15;/h1-9,18,21H,10-14H2;1H. The normalized spacial score (nSPS) is 17.0. The van der Waals surface area contributed by atoms with Crippen molar-refractivity contribution >= 4 is 29.9 Å². The Hall–Kier alpha value is -1.59. The minimum absolute atomic E-state index is 0. The topological polar surface area (TPSA) is 41.6 Å². The van der Waals surface area contributed by atoms with Gasteiger partial charge in [-0.3, -0.25) is 4.79 Å². The highest BCUT2D eigenvalue weighted by molar-refractivity contribution is 6.31. The molecule has 0 spiro atoms. The number of benzene rings is 2. The van der Waals surface area contributed by atoms with E-state index in [4.69, 9.17) is 16.3 Å². The number of hydrogen-bond donors (Lipinski definition) is 1. The van der Waals surface area contributed by atoms with Crippen molar-refractivity contribution in [3.63, 3.8) is 0 Å². The highest BCUT2D eigenvalue weighted by Crippen LogP contribution is 2.28. The fourth-order valence-corrected chi connectivity index (χ4v) is 3.20. The number of carbonyl (C=O) groups excluding carboxylic acids is 1. The van der Waals surface area contributed by atoms with Crippen molar-refractivity contribution in [3.05, 3.63) is 70.7 Å². The van der Waals surface area contributed by atoms with Crippen LogP contribution < -0.4 is 5.32 Å². The van der Waals surface area contributed by atoms with E-state index in [2.05, 4.69) is 5.32 Å². The van der Waals surface area contributed by atoms with Crippen LogP contribution in [-0.4, -0.2) is 37.0 Å². The highest BCUT2D eigenvalue weighted by atomic mass is 35.5. The number of ether oxygens (including phenoxy) is 1. The van der Waals surface area contributed by atoms with E-state index in [-0.39, 0.29) is 31.0 Å². The zero-order valence-corrected chi connectivity index (χ0v) is 15.4. The summed E-state index contributed by atoms with van der Waals surface area (Å²) in [6.07, 6.45) is 0. The van der Waals surface area contributed by atoms with E-state index in [9.17, 15) is 4.79 Å². The van der Waals surface area contributed by atoms with Gasteiger partial charge in [-0.2, -0.15) is 0 Å². The van der Waals surface area contributed by atoms with Crippen LogP contribution in [0.4, 0.5) is 0 Å². The van der Waals surface area contributed by atoms with Crippen LogP contribution in [-0.2, 0) is 16.1 Å². The first-order valence-electron chi connectivity index (χ1n) is 8.12. The molecule has 134 valence electrons. The number of carbonyl (C=O) groups is 1. The Morgan fingerprint density at radius 3 is 2.64 bits per heavy atom. The summed E-state index contributed by atoms with van der Waals surface area (Å²) in [6.45, 7) is 2.66. The van der Waals surface area contributed by atoms with Crippen molar-refractivity contribution in [2.75, 3.05) is 26.2 Å². The Kier molecular flexibility index (Phi) is 7.72. The number of halogens is 2. The van der Waals surface area contributed by atoms with Gasteiger partial charge in [-0.05, 0) is 17.2 Å². The van der Waals surface area contributed by atoms with Gasteiger partial charge in [0.05, 0.1) is 12.6 Å². The average molecular weight is 381 g/mol. The minimum atomic E-state index is -0.0553. The van der Waals surface area contributed by atoms with Crippen LogP contribution in [0.1, 0.15) is 17.2 Å². The second kappa shape index (κ2) is 9.78. The lowest BCUT2D eigenvalue weighted by Gasteiger charge is -2.37. The Morgan fingerprint density at radius 2 is 1.88 bits per heavy atom. The van der Waals surface area contributed by atoms with Gasteiger partial charge < -0.3 is 15.0 Å². The molecule has 25 heavy (non-hydrogen) atoms. The van der Waals surface area contributed by atoms with Crippen molar-refractivity contribution in [2.45, 2.75) is 12.6 Å². The SMILES string of the molecule is Cl.O=C(COCc1ccccc1)N1CCNCC1c1ccccc1Cl. The molecule has 1 aliphatic rings. The number of nitrogens with zero attached hydrogens (tertiary/aromatic N) is 1. The zero-order chi connectivity index (χ0) is 16.8. The molecule has 0 bridgehead atoms.